The van der Waals surface area contributed by atoms with E-state index in [0.29, 0.717) is 5.75 Å². The summed E-state index contributed by atoms with van der Waals surface area (Å²) in [6, 6.07) is 12.8. The molecule has 0 bridgehead atoms. The van der Waals surface area contributed by atoms with Gasteiger partial charge in [0.2, 0.25) is 0 Å². The molecule has 0 saturated carbocycles. The van der Waals surface area contributed by atoms with Crippen LogP contribution >= 0.6 is 0 Å². The van der Waals surface area contributed by atoms with Gasteiger partial charge in [-0.2, -0.15) is 0 Å². The maximum atomic E-state index is 14.3. The van der Waals surface area contributed by atoms with E-state index < -0.39 is 28.2 Å². The van der Waals surface area contributed by atoms with Crippen molar-refractivity contribution in [3.8, 4) is 11.5 Å². The second-order valence-electron chi connectivity index (χ2n) is 10.7. The fourth-order valence-corrected chi connectivity index (χ4v) is 5.34. The zero-order valence-electron chi connectivity index (χ0n) is 24.1. The minimum Gasteiger partial charge on any atom is -0.496 e. The van der Waals surface area contributed by atoms with Crippen molar-refractivity contribution in [2.75, 3.05) is 55.9 Å². The summed E-state index contributed by atoms with van der Waals surface area (Å²) in [5, 5.41) is 16.8. The molecule has 2 aliphatic rings. The number of methoxy groups -OCH3 is 1. The standard InChI is InChI=1S/C31H34FN5O6/c1-35-15-11-22(12-16-35)43-29-18-21(36-13-3-4-14-36)6-8-24(29)30(38)33-26-9-5-20(32)17-25(26)31(39)34-27-10-7-23(42-2)19-28(27)37(40)41/h5-10,17-19,22H,3-4,11-16H2,1-2H3,(H,33,38)(H,34,39). The van der Waals surface area contributed by atoms with Crippen molar-refractivity contribution in [1.29, 1.82) is 0 Å². The number of benzene rings is 3. The average Bonchev–Trinajstić information content (AvgIpc) is 3.54. The molecule has 0 unspecified atom stereocenters. The molecule has 0 spiro atoms. The van der Waals surface area contributed by atoms with E-state index in [1.165, 1.54) is 31.4 Å². The van der Waals surface area contributed by atoms with Crippen LogP contribution in [0.4, 0.5) is 27.1 Å². The second kappa shape index (κ2) is 13.1. The zero-order chi connectivity index (χ0) is 30.5. The van der Waals surface area contributed by atoms with Crippen LogP contribution in [0.1, 0.15) is 46.4 Å². The molecule has 2 aliphatic heterocycles. The first-order valence-corrected chi connectivity index (χ1v) is 14.2. The molecule has 11 nitrogen and oxygen atoms in total. The lowest BCUT2D eigenvalue weighted by Gasteiger charge is -2.30. The Morgan fingerprint density at radius 3 is 2.28 bits per heavy atom. The second-order valence-corrected chi connectivity index (χ2v) is 10.7. The molecule has 2 amide bonds. The number of rotatable bonds is 9. The number of carbonyl (C=O) groups excluding carboxylic acids is 2. The third-order valence-electron chi connectivity index (χ3n) is 7.76. The van der Waals surface area contributed by atoms with Gasteiger partial charge in [0.05, 0.1) is 34.9 Å². The van der Waals surface area contributed by atoms with Gasteiger partial charge in [-0.3, -0.25) is 19.7 Å². The molecule has 2 fully saturated rings. The Hall–Kier alpha value is -4.71. The van der Waals surface area contributed by atoms with E-state index in [4.69, 9.17) is 9.47 Å². The highest BCUT2D eigenvalue weighted by Gasteiger charge is 2.25. The van der Waals surface area contributed by atoms with Crippen molar-refractivity contribution < 1.29 is 28.4 Å². The average molecular weight is 592 g/mol. The fraction of sp³-hybridized carbons (Fsp3) is 0.355. The van der Waals surface area contributed by atoms with Crippen LogP contribution in [-0.4, -0.2) is 68.1 Å². The van der Waals surface area contributed by atoms with E-state index in [1.807, 2.05) is 12.1 Å². The first kappa shape index (κ1) is 29.8. The Morgan fingerprint density at radius 2 is 1.58 bits per heavy atom. The molecule has 12 heteroatoms. The number of ether oxygens (including phenoxy) is 2. The summed E-state index contributed by atoms with van der Waals surface area (Å²) < 4.78 is 25.7. The monoisotopic (exact) mass is 591 g/mol. The number of amides is 2. The van der Waals surface area contributed by atoms with E-state index in [9.17, 15) is 24.1 Å². The van der Waals surface area contributed by atoms with Crippen molar-refractivity contribution in [3.05, 3.63) is 81.7 Å². The maximum Gasteiger partial charge on any atom is 0.296 e. The highest BCUT2D eigenvalue weighted by molar-refractivity contribution is 6.13. The van der Waals surface area contributed by atoms with Gasteiger partial charge in [0.1, 0.15) is 29.1 Å². The SMILES string of the molecule is COc1ccc(NC(=O)c2cc(F)ccc2NC(=O)c2ccc(N3CCCC3)cc2OC2CCN(C)CC2)c([N+](=O)[O-])c1. The molecule has 3 aromatic carbocycles. The predicted octanol–water partition coefficient (Wildman–Crippen LogP) is 5.32. The highest BCUT2D eigenvalue weighted by atomic mass is 19.1. The number of hydrogen-bond donors (Lipinski definition) is 2. The van der Waals surface area contributed by atoms with Gasteiger partial charge in [0.25, 0.3) is 17.5 Å². The Balaban J connectivity index is 1.41. The minimum atomic E-state index is -0.838. The lowest BCUT2D eigenvalue weighted by molar-refractivity contribution is -0.384. The Morgan fingerprint density at radius 1 is 0.907 bits per heavy atom. The van der Waals surface area contributed by atoms with Crippen molar-refractivity contribution in [3.63, 3.8) is 0 Å². The Labute approximate surface area is 248 Å². The van der Waals surface area contributed by atoms with Crippen LogP contribution in [0.3, 0.4) is 0 Å². The normalized spacial score (nSPS) is 15.7. The molecule has 3 aromatic rings. The molecule has 2 N–H and O–H groups in total. The van der Waals surface area contributed by atoms with Crippen LogP contribution in [0.25, 0.3) is 0 Å². The summed E-state index contributed by atoms with van der Waals surface area (Å²) in [5.74, 6) is -1.41. The first-order valence-electron chi connectivity index (χ1n) is 14.2. The van der Waals surface area contributed by atoms with Crippen LogP contribution in [-0.2, 0) is 0 Å². The number of anilines is 3. The molecular weight excluding hydrogens is 557 g/mol. The smallest absolute Gasteiger partial charge is 0.296 e. The molecule has 2 saturated heterocycles. The van der Waals surface area contributed by atoms with Crippen molar-refractivity contribution in [2.24, 2.45) is 0 Å². The summed E-state index contributed by atoms with van der Waals surface area (Å²) in [4.78, 5) is 42.3. The number of nitro groups is 1. The number of nitrogens with zero attached hydrogens (tertiary/aromatic N) is 3. The fourth-order valence-electron chi connectivity index (χ4n) is 5.34. The quantitative estimate of drug-likeness (QED) is 0.253. The molecule has 226 valence electrons. The van der Waals surface area contributed by atoms with Gasteiger partial charge < -0.3 is 29.9 Å². The number of nitrogens with one attached hydrogen (secondary N) is 2. The molecule has 43 heavy (non-hydrogen) atoms. The van der Waals surface area contributed by atoms with E-state index in [1.54, 1.807) is 6.07 Å². The van der Waals surface area contributed by atoms with Gasteiger partial charge in [-0.15, -0.1) is 0 Å². The van der Waals surface area contributed by atoms with Gasteiger partial charge >= 0.3 is 0 Å². The van der Waals surface area contributed by atoms with Crippen molar-refractivity contribution >= 4 is 34.6 Å². The van der Waals surface area contributed by atoms with Crippen molar-refractivity contribution in [2.45, 2.75) is 31.8 Å². The van der Waals surface area contributed by atoms with E-state index in [-0.39, 0.29) is 34.4 Å². The molecular formula is C31H34FN5O6. The topological polar surface area (TPSA) is 126 Å². The van der Waals surface area contributed by atoms with Gasteiger partial charge in [-0.1, -0.05) is 0 Å². The summed E-state index contributed by atoms with van der Waals surface area (Å²) in [6.45, 7) is 3.63. The molecule has 0 atom stereocenters. The number of nitro benzene ring substituents is 1. The molecule has 0 aromatic heterocycles. The van der Waals surface area contributed by atoms with Gasteiger partial charge in [-0.05, 0) is 75.2 Å². The van der Waals surface area contributed by atoms with Gasteiger partial charge in [0, 0.05) is 37.9 Å². The summed E-state index contributed by atoms with van der Waals surface area (Å²) in [5.41, 5.74) is 0.578. The summed E-state index contributed by atoms with van der Waals surface area (Å²) >= 11 is 0. The number of likely N-dealkylation sites (tertiary alicyclic amines) is 1. The lowest BCUT2D eigenvalue weighted by atomic mass is 10.1. The predicted molar refractivity (Wildman–Crippen MR) is 161 cm³/mol. The van der Waals surface area contributed by atoms with E-state index >= 15 is 0 Å². The Kier molecular flexibility index (Phi) is 9.05. The first-order chi connectivity index (χ1) is 20.7. The summed E-state index contributed by atoms with van der Waals surface area (Å²) in [7, 11) is 3.43. The van der Waals surface area contributed by atoms with Crippen LogP contribution in [0.15, 0.2) is 54.6 Å². The third-order valence-corrected chi connectivity index (χ3v) is 7.76. The van der Waals surface area contributed by atoms with Crippen LogP contribution in [0.2, 0.25) is 0 Å². The van der Waals surface area contributed by atoms with Crippen LogP contribution in [0, 0.1) is 15.9 Å². The zero-order valence-corrected chi connectivity index (χ0v) is 24.1. The van der Waals surface area contributed by atoms with E-state index in [0.717, 1.165) is 69.7 Å². The van der Waals surface area contributed by atoms with Gasteiger partial charge in [-0.25, -0.2) is 4.39 Å². The maximum absolute atomic E-state index is 14.3. The van der Waals surface area contributed by atoms with E-state index in [2.05, 4.69) is 27.5 Å². The Bertz CT molecular complexity index is 1520. The molecule has 5 rings (SSSR count). The highest BCUT2D eigenvalue weighted by Crippen LogP contribution is 2.33. The minimum absolute atomic E-state index is 0.0360. The molecule has 0 aliphatic carbocycles. The summed E-state index contributed by atoms with van der Waals surface area (Å²) in [6.07, 6.45) is 3.80. The van der Waals surface area contributed by atoms with Crippen molar-refractivity contribution in [1.82, 2.24) is 4.90 Å². The number of piperidine rings is 1. The van der Waals surface area contributed by atoms with Gasteiger partial charge in [0.15, 0.2) is 0 Å². The lowest BCUT2D eigenvalue weighted by Crippen LogP contribution is -2.36. The number of halogens is 1. The van der Waals surface area contributed by atoms with Crippen LogP contribution < -0.4 is 25.0 Å². The molecule has 0 radical (unpaired) electrons. The van der Waals surface area contributed by atoms with Crippen LogP contribution in [0.5, 0.6) is 11.5 Å². The largest absolute Gasteiger partial charge is 0.496 e. The molecule has 2 heterocycles. The number of hydrogen-bond acceptors (Lipinski definition) is 8. The number of carbonyl (C=O) groups is 2. The third kappa shape index (κ3) is 7.03.